The van der Waals surface area contributed by atoms with Crippen LogP contribution in [0.2, 0.25) is 0 Å². The Morgan fingerprint density at radius 2 is 1.74 bits per heavy atom. The zero-order valence-electron chi connectivity index (χ0n) is 22.0. The van der Waals surface area contributed by atoms with Crippen molar-refractivity contribution in [3.05, 3.63) is 86.2 Å². The van der Waals surface area contributed by atoms with Crippen molar-refractivity contribution in [2.45, 2.75) is 51.4 Å². The molecule has 1 aliphatic carbocycles. The van der Waals surface area contributed by atoms with Gasteiger partial charge in [0.05, 0.1) is 31.3 Å². The number of hydrogen-bond acceptors (Lipinski definition) is 8. The summed E-state index contributed by atoms with van der Waals surface area (Å²) in [4.78, 5) is 37.8. The molecule has 0 radical (unpaired) electrons. The first kappa shape index (κ1) is 26.9. The number of nitro benzene ring substituents is 1. The van der Waals surface area contributed by atoms with Crippen molar-refractivity contribution in [2.75, 3.05) is 20.8 Å². The van der Waals surface area contributed by atoms with Crippen LogP contribution < -0.4 is 14.8 Å². The van der Waals surface area contributed by atoms with Gasteiger partial charge in [0.1, 0.15) is 0 Å². The monoisotopic (exact) mass is 520 g/mol. The van der Waals surface area contributed by atoms with Crippen LogP contribution >= 0.6 is 0 Å². The van der Waals surface area contributed by atoms with Gasteiger partial charge in [0.15, 0.2) is 17.3 Å². The summed E-state index contributed by atoms with van der Waals surface area (Å²) >= 11 is 0. The maximum Gasteiger partial charge on any atom is 0.336 e. The maximum absolute atomic E-state index is 13.7. The lowest BCUT2D eigenvalue weighted by Crippen LogP contribution is -2.36. The van der Waals surface area contributed by atoms with Crippen molar-refractivity contribution < 1.29 is 28.7 Å². The van der Waals surface area contributed by atoms with E-state index in [2.05, 4.69) is 5.32 Å². The smallest absolute Gasteiger partial charge is 0.336 e. The third-order valence-corrected chi connectivity index (χ3v) is 7.09. The van der Waals surface area contributed by atoms with Crippen LogP contribution in [0.25, 0.3) is 0 Å². The number of nitrogens with zero attached hydrogens (tertiary/aromatic N) is 1. The zero-order valence-corrected chi connectivity index (χ0v) is 22.0. The van der Waals surface area contributed by atoms with Crippen molar-refractivity contribution in [2.24, 2.45) is 0 Å². The number of benzene rings is 2. The first-order valence-corrected chi connectivity index (χ1v) is 12.7. The van der Waals surface area contributed by atoms with Crippen LogP contribution in [0.3, 0.4) is 0 Å². The standard InChI is InChI=1S/C29H32N2O7/c1-5-6-13-38-29(33)26-17(2)30-22-14-20(19-9-12-24(36-3)25(16-19)37-4)15-23(32)28(22)27(26)18-7-10-21(11-8-18)31(34)35/h7-12,16,20,27,30H,5-6,13-15H2,1-4H3/t20-,27+/m1/s1. The Bertz CT molecular complexity index is 1310. The molecule has 4 rings (SSSR count). The molecule has 2 aromatic rings. The molecule has 0 unspecified atom stereocenters. The Balaban J connectivity index is 1.75. The van der Waals surface area contributed by atoms with Crippen molar-refractivity contribution in [3.8, 4) is 11.5 Å². The quantitative estimate of drug-likeness (QED) is 0.204. The van der Waals surface area contributed by atoms with Gasteiger partial charge in [-0.2, -0.15) is 0 Å². The molecule has 0 amide bonds. The van der Waals surface area contributed by atoms with Gasteiger partial charge in [0.2, 0.25) is 0 Å². The minimum Gasteiger partial charge on any atom is -0.493 e. The van der Waals surface area contributed by atoms with Gasteiger partial charge in [-0.1, -0.05) is 31.5 Å². The van der Waals surface area contributed by atoms with Crippen LogP contribution in [0.15, 0.2) is 65.0 Å². The van der Waals surface area contributed by atoms with Gasteiger partial charge in [-0.05, 0) is 48.9 Å². The minimum absolute atomic E-state index is 0.0619. The molecule has 1 N–H and O–H groups in total. The molecule has 2 atom stereocenters. The average molecular weight is 521 g/mol. The molecular formula is C29H32N2O7. The first-order chi connectivity index (χ1) is 18.3. The number of carbonyl (C=O) groups is 2. The number of ketones is 1. The topological polar surface area (TPSA) is 117 Å². The van der Waals surface area contributed by atoms with E-state index < -0.39 is 16.8 Å². The number of methoxy groups -OCH3 is 2. The Morgan fingerprint density at radius 1 is 1.05 bits per heavy atom. The third kappa shape index (κ3) is 5.27. The van der Waals surface area contributed by atoms with Crippen LogP contribution in [-0.4, -0.2) is 37.5 Å². The van der Waals surface area contributed by atoms with Crippen LogP contribution in [0, 0.1) is 10.1 Å². The van der Waals surface area contributed by atoms with Crippen LogP contribution in [0.4, 0.5) is 5.69 Å². The van der Waals surface area contributed by atoms with Crippen molar-refractivity contribution in [3.63, 3.8) is 0 Å². The minimum atomic E-state index is -0.681. The number of non-ortho nitro benzene ring substituents is 1. The molecule has 0 bridgehead atoms. The average Bonchev–Trinajstić information content (AvgIpc) is 2.91. The number of esters is 1. The molecule has 38 heavy (non-hydrogen) atoms. The zero-order chi connectivity index (χ0) is 27.4. The molecule has 1 aliphatic heterocycles. The van der Waals surface area contributed by atoms with Crippen LogP contribution in [0.1, 0.15) is 62.5 Å². The molecule has 0 saturated carbocycles. The fraction of sp³-hybridized carbons (Fsp3) is 0.379. The molecule has 2 aromatic carbocycles. The molecule has 200 valence electrons. The van der Waals surface area contributed by atoms with E-state index in [1.807, 2.05) is 25.1 Å². The summed E-state index contributed by atoms with van der Waals surface area (Å²) in [7, 11) is 3.14. The number of ether oxygens (including phenoxy) is 3. The Hall–Kier alpha value is -4.14. The predicted molar refractivity (Wildman–Crippen MR) is 141 cm³/mol. The van der Waals surface area contributed by atoms with Gasteiger partial charge >= 0.3 is 5.97 Å². The maximum atomic E-state index is 13.7. The lowest BCUT2D eigenvalue weighted by atomic mass is 9.71. The first-order valence-electron chi connectivity index (χ1n) is 12.7. The molecule has 9 nitrogen and oxygen atoms in total. The van der Waals surface area contributed by atoms with E-state index in [0.717, 1.165) is 24.1 Å². The molecule has 9 heteroatoms. The second kappa shape index (κ2) is 11.5. The highest BCUT2D eigenvalue weighted by atomic mass is 16.6. The summed E-state index contributed by atoms with van der Waals surface area (Å²) in [5.74, 6) is -0.165. The van der Waals surface area contributed by atoms with E-state index in [0.29, 0.717) is 40.3 Å². The van der Waals surface area contributed by atoms with E-state index in [9.17, 15) is 19.7 Å². The van der Waals surface area contributed by atoms with E-state index in [-0.39, 0.29) is 30.4 Å². The van der Waals surface area contributed by atoms with Crippen molar-refractivity contribution >= 4 is 17.4 Å². The van der Waals surface area contributed by atoms with Gasteiger partial charge in [-0.3, -0.25) is 14.9 Å². The molecule has 1 heterocycles. The van der Waals surface area contributed by atoms with Gasteiger partial charge in [0, 0.05) is 41.4 Å². The Morgan fingerprint density at radius 3 is 2.37 bits per heavy atom. The number of carbonyl (C=O) groups excluding carboxylic acids is 2. The molecule has 2 aliphatic rings. The number of nitro groups is 1. The normalized spacial score (nSPS) is 19.0. The second-order valence-corrected chi connectivity index (χ2v) is 9.47. The van der Waals surface area contributed by atoms with Gasteiger partial charge < -0.3 is 19.5 Å². The summed E-state index contributed by atoms with van der Waals surface area (Å²) < 4.78 is 16.4. The largest absolute Gasteiger partial charge is 0.493 e. The van der Waals surface area contributed by atoms with Crippen LogP contribution in [0.5, 0.6) is 11.5 Å². The molecule has 0 fully saturated rings. The number of unbranched alkanes of at least 4 members (excludes halogenated alkanes) is 1. The predicted octanol–water partition coefficient (Wildman–Crippen LogP) is 5.32. The van der Waals surface area contributed by atoms with Gasteiger partial charge in [-0.25, -0.2) is 4.79 Å². The SMILES string of the molecule is CCCCOC(=O)C1=C(C)NC2=C(C(=O)C[C@H](c3ccc(OC)c(OC)c3)C2)[C@H]1c1ccc([N+](=O)[O-])cc1. The van der Waals surface area contributed by atoms with Crippen molar-refractivity contribution in [1.82, 2.24) is 5.32 Å². The summed E-state index contributed by atoms with van der Waals surface area (Å²) in [6.07, 6.45) is 2.40. The molecule has 0 spiro atoms. The summed E-state index contributed by atoms with van der Waals surface area (Å²) in [5.41, 5.74) is 3.72. The third-order valence-electron chi connectivity index (χ3n) is 7.09. The number of hydrogen-bond donors (Lipinski definition) is 1. The van der Waals surface area contributed by atoms with E-state index in [1.165, 1.54) is 12.1 Å². The summed E-state index contributed by atoms with van der Waals surface area (Å²) in [6.45, 7) is 4.08. The molecular weight excluding hydrogens is 488 g/mol. The highest BCUT2D eigenvalue weighted by Gasteiger charge is 2.41. The number of nitrogens with one attached hydrogen (secondary N) is 1. The fourth-order valence-corrected chi connectivity index (χ4v) is 5.16. The van der Waals surface area contributed by atoms with E-state index >= 15 is 0 Å². The summed E-state index contributed by atoms with van der Waals surface area (Å²) in [6, 6.07) is 11.7. The summed E-state index contributed by atoms with van der Waals surface area (Å²) in [5, 5.41) is 14.6. The van der Waals surface area contributed by atoms with Gasteiger partial charge in [-0.15, -0.1) is 0 Å². The number of allylic oxidation sites excluding steroid dienone is 3. The molecule has 0 aromatic heterocycles. The Labute approximate surface area is 221 Å². The van der Waals surface area contributed by atoms with E-state index in [4.69, 9.17) is 14.2 Å². The van der Waals surface area contributed by atoms with Crippen LogP contribution in [-0.2, 0) is 14.3 Å². The number of rotatable bonds is 9. The fourth-order valence-electron chi connectivity index (χ4n) is 5.16. The lowest BCUT2D eigenvalue weighted by Gasteiger charge is -2.36. The lowest BCUT2D eigenvalue weighted by molar-refractivity contribution is -0.384. The Kier molecular flexibility index (Phi) is 8.14. The van der Waals surface area contributed by atoms with Crippen molar-refractivity contribution in [1.29, 1.82) is 0 Å². The second-order valence-electron chi connectivity index (χ2n) is 9.47. The number of dihydropyridines is 1. The highest BCUT2D eigenvalue weighted by molar-refractivity contribution is 6.04. The van der Waals surface area contributed by atoms with E-state index in [1.54, 1.807) is 33.3 Å². The highest BCUT2D eigenvalue weighted by Crippen LogP contribution is 2.46. The van der Waals surface area contributed by atoms with Gasteiger partial charge in [0.25, 0.3) is 5.69 Å². The number of Topliss-reactive ketones (excluding diaryl/α,β-unsaturated/α-hetero) is 1. The molecule has 0 saturated heterocycles.